The van der Waals surface area contributed by atoms with Gasteiger partial charge in [0.05, 0.1) is 23.0 Å². The number of carbonyl (C=O) groups excluding carboxylic acids is 3. The number of carbonyl (C=O) groups is 3. The van der Waals surface area contributed by atoms with Crippen LogP contribution in [0.25, 0.3) is 11.4 Å². The number of thiazole rings is 1. The Kier molecular flexibility index (Phi) is 6.29. The second-order valence-corrected chi connectivity index (χ2v) is 9.51. The van der Waals surface area contributed by atoms with Crippen LogP contribution in [0.5, 0.6) is 5.75 Å². The summed E-state index contributed by atoms with van der Waals surface area (Å²) < 4.78 is 6.76. The van der Waals surface area contributed by atoms with E-state index in [0.717, 1.165) is 16.2 Å². The number of imidazole rings is 1. The third-order valence-corrected chi connectivity index (χ3v) is 7.23. The number of ketones is 1. The maximum absolute atomic E-state index is 13.5. The summed E-state index contributed by atoms with van der Waals surface area (Å²) in [7, 11) is 0. The van der Waals surface area contributed by atoms with Gasteiger partial charge in [0.2, 0.25) is 0 Å². The molecule has 0 radical (unpaired) electrons. The predicted molar refractivity (Wildman–Crippen MR) is 140 cm³/mol. The summed E-state index contributed by atoms with van der Waals surface area (Å²) in [5, 5.41) is 21.5. The summed E-state index contributed by atoms with van der Waals surface area (Å²) in [6.45, 7) is 6.81. The van der Waals surface area contributed by atoms with Crippen molar-refractivity contribution in [1.82, 2.24) is 14.4 Å². The molecule has 0 bridgehead atoms. The van der Waals surface area contributed by atoms with Gasteiger partial charge in [-0.1, -0.05) is 42.2 Å². The Morgan fingerprint density at radius 2 is 1.87 bits per heavy atom. The zero-order chi connectivity index (χ0) is 27.1. The molecule has 2 N–H and O–H groups in total. The van der Waals surface area contributed by atoms with E-state index in [-0.39, 0.29) is 33.6 Å². The molecule has 3 aromatic heterocycles. The summed E-state index contributed by atoms with van der Waals surface area (Å²) in [5.41, 5.74) is 1.88. The van der Waals surface area contributed by atoms with Gasteiger partial charge in [0.1, 0.15) is 28.6 Å². The lowest BCUT2D eigenvalue weighted by molar-refractivity contribution is -0.132. The highest BCUT2D eigenvalue weighted by molar-refractivity contribution is 7.17. The molecule has 5 rings (SSSR count). The van der Waals surface area contributed by atoms with Crippen LogP contribution in [0.1, 0.15) is 38.4 Å². The lowest BCUT2D eigenvalue weighted by Crippen LogP contribution is -2.29. The van der Waals surface area contributed by atoms with Crippen LogP contribution >= 0.6 is 11.3 Å². The van der Waals surface area contributed by atoms with Crippen molar-refractivity contribution in [1.29, 1.82) is 0 Å². The third-order valence-electron chi connectivity index (χ3n) is 6.09. The highest BCUT2D eigenvalue weighted by Crippen LogP contribution is 2.44. The number of esters is 1. The zero-order valence-electron chi connectivity index (χ0n) is 20.4. The number of Topliss-reactive ketones (excluding diaryl/α,β-unsaturated/α-hetero) is 1. The molecule has 192 valence electrons. The van der Waals surface area contributed by atoms with Crippen molar-refractivity contribution in [2.24, 2.45) is 0 Å². The van der Waals surface area contributed by atoms with Crippen molar-refractivity contribution in [2.75, 3.05) is 11.5 Å². The first-order chi connectivity index (χ1) is 18.2. The number of benzene rings is 1. The smallest absolute Gasteiger partial charge is 0.350 e. The summed E-state index contributed by atoms with van der Waals surface area (Å²) in [6, 6.07) is 10.1. The quantitative estimate of drug-likeness (QED) is 0.125. The monoisotopic (exact) mass is 530 g/mol. The third kappa shape index (κ3) is 4.02. The molecule has 4 heterocycles. The molecule has 1 unspecified atom stereocenters. The number of aryl methyl sites for hydroxylation is 2. The number of aliphatic hydroxyl groups is 1. The van der Waals surface area contributed by atoms with Gasteiger partial charge in [-0.05, 0) is 43.7 Å². The van der Waals surface area contributed by atoms with Crippen LogP contribution in [0.2, 0.25) is 0 Å². The number of anilines is 1. The first-order valence-electron chi connectivity index (χ1n) is 11.5. The second-order valence-electron chi connectivity index (χ2n) is 8.53. The normalized spacial score (nSPS) is 16.8. The van der Waals surface area contributed by atoms with Gasteiger partial charge in [-0.3, -0.25) is 18.9 Å². The fourth-order valence-corrected chi connectivity index (χ4v) is 5.39. The number of rotatable bonds is 6. The van der Waals surface area contributed by atoms with E-state index in [1.807, 2.05) is 0 Å². The highest BCUT2D eigenvalue weighted by Gasteiger charge is 2.49. The van der Waals surface area contributed by atoms with Gasteiger partial charge in [-0.2, -0.15) is 0 Å². The molecular weight excluding hydrogens is 508 g/mol. The molecule has 1 aliphatic rings. The van der Waals surface area contributed by atoms with E-state index in [1.54, 1.807) is 54.8 Å². The number of hydrogen-bond donors (Lipinski definition) is 2. The predicted octanol–water partition coefficient (Wildman–Crippen LogP) is 4.08. The minimum Gasteiger partial charge on any atom is -0.508 e. The van der Waals surface area contributed by atoms with E-state index in [9.17, 15) is 24.6 Å². The van der Waals surface area contributed by atoms with Crippen LogP contribution < -0.4 is 4.90 Å². The van der Waals surface area contributed by atoms with E-state index in [2.05, 4.69) is 16.5 Å². The average molecular weight is 531 g/mol. The maximum atomic E-state index is 13.5. The molecule has 0 saturated carbocycles. The molecule has 0 aliphatic carbocycles. The molecule has 0 spiro atoms. The molecule has 1 aliphatic heterocycles. The first kappa shape index (κ1) is 24.9. The molecule has 4 aromatic rings. The molecule has 1 fully saturated rings. The Morgan fingerprint density at radius 3 is 2.58 bits per heavy atom. The topological polar surface area (TPSA) is 134 Å². The Labute approximate surface area is 220 Å². The number of ether oxygens (including phenoxy) is 1. The van der Waals surface area contributed by atoms with Gasteiger partial charge in [0, 0.05) is 6.20 Å². The van der Waals surface area contributed by atoms with Gasteiger partial charge >= 0.3 is 11.9 Å². The van der Waals surface area contributed by atoms with Crippen LogP contribution in [0.4, 0.5) is 5.13 Å². The van der Waals surface area contributed by atoms with Gasteiger partial charge in [-0.25, -0.2) is 14.8 Å². The summed E-state index contributed by atoms with van der Waals surface area (Å²) in [4.78, 5) is 49.6. The fraction of sp³-hybridized carbons (Fsp3) is 0.148. The first-order valence-corrected chi connectivity index (χ1v) is 12.3. The van der Waals surface area contributed by atoms with Crippen LogP contribution in [-0.4, -0.2) is 48.8 Å². The Hall–Kier alpha value is -4.77. The number of aliphatic hydroxyl groups excluding tert-OH is 1. The van der Waals surface area contributed by atoms with Crippen molar-refractivity contribution in [3.05, 3.63) is 94.4 Å². The van der Waals surface area contributed by atoms with E-state index in [0.29, 0.717) is 22.6 Å². The summed E-state index contributed by atoms with van der Waals surface area (Å²) in [5.74, 6) is -2.89. The lowest BCUT2D eigenvalue weighted by Gasteiger charge is -2.23. The number of aromatic nitrogens is 3. The number of amides is 1. The number of phenols is 1. The Balaban J connectivity index is 1.71. The minimum atomic E-state index is -1.09. The van der Waals surface area contributed by atoms with Gasteiger partial charge in [0.25, 0.3) is 5.78 Å². The minimum absolute atomic E-state index is 0.00217. The maximum Gasteiger partial charge on any atom is 0.350 e. The van der Waals surface area contributed by atoms with E-state index >= 15 is 0 Å². The highest BCUT2D eigenvalue weighted by atomic mass is 32.1. The van der Waals surface area contributed by atoms with Gasteiger partial charge in [-0.15, -0.1) is 0 Å². The van der Waals surface area contributed by atoms with Gasteiger partial charge in [0.15, 0.2) is 10.9 Å². The number of aromatic hydroxyl groups is 1. The van der Waals surface area contributed by atoms with E-state index in [1.165, 1.54) is 18.2 Å². The average Bonchev–Trinajstić information content (AvgIpc) is 3.53. The number of nitrogens with zero attached hydrogens (tertiary/aromatic N) is 4. The molecule has 1 atom stereocenters. The molecule has 11 heteroatoms. The fourth-order valence-electron chi connectivity index (χ4n) is 4.40. The number of phenolic OH excluding ortho intramolecular Hbond substituents is 1. The Bertz CT molecular complexity index is 1650. The Morgan fingerprint density at radius 1 is 1.13 bits per heavy atom. The van der Waals surface area contributed by atoms with Gasteiger partial charge < -0.3 is 14.9 Å². The van der Waals surface area contributed by atoms with Crippen molar-refractivity contribution < 1.29 is 29.3 Å². The van der Waals surface area contributed by atoms with Crippen molar-refractivity contribution in [2.45, 2.75) is 19.9 Å². The molecule has 38 heavy (non-hydrogen) atoms. The standard InChI is InChI=1S/C27H22N4O6S/c1-4-13-37-26(36)24-15(3)29-27(38-24)31-21(16-8-10-17(32)11-9-16)19(23(34)25(31)35)22(33)20-14(2)28-18-7-5-6-12-30(18)20/h4-12,21,32-33H,1,13H2,2-3H3. The van der Waals surface area contributed by atoms with Crippen LogP contribution in [0, 0.1) is 13.8 Å². The van der Waals surface area contributed by atoms with Crippen LogP contribution in [0.15, 0.2) is 66.9 Å². The van der Waals surface area contributed by atoms with Crippen LogP contribution in [0.3, 0.4) is 0 Å². The number of hydrogen-bond acceptors (Lipinski definition) is 9. The second kappa shape index (κ2) is 9.60. The molecular formula is C27H22N4O6S. The van der Waals surface area contributed by atoms with Crippen LogP contribution in [-0.2, 0) is 14.3 Å². The lowest BCUT2D eigenvalue weighted by atomic mass is 9.96. The molecule has 1 amide bonds. The van der Waals surface area contributed by atoms with Crippen molar-refractivity contribution >= 4 is 45.5 Å². The van der Waals surface area contributed by atoms with Crippen molar-refractivity contribution in [3.8, 4) is 5.75 Å². The largest absolute Gasteiger partial charge is 0.508 e. The van der Waals surface area contributed by atoms with Crippen molar-refractivity contribution in [3.63, 3.8) is 0 Å². The molecule has 10 nitrogen and oxygen atoms in total. The number of fused-ring (bicyclic) bond motifs is 1. The summed E-state index contributed by atoms with van der Waals surface area (Å²) in [6.07, 6.45) is 3.13. The number of pyridine rings is 1. The van der Waals surface area contributed by atoms with E-state index < -0.39 is 29.5 Å². The SMILES string of the molecule is C=CCOC(=O)c1sc(N2C(=O)C(=O)C(=C(O)c3c(C)nc4ccccn34)C2c2ccc(O)cc2)nc1C. The zero-order valence-corrected chi connectivity index (χ0v) is 21.2. The summed E-state index contributed by atoms with van der Waals surface area (Å²) >= 11 is 0.901. The molecule has 1 saturated heterocycles. The van der Waals surface area contributed by atoms with E-state index in [4.69, 9.17) is 4.74 Å². The molecule has 1 aromatic carbocycles.